The van der Waals surface area contributed by atoms with Gasteiger partial charge in [-0.1, -0.05) is 6.92 Å². The van der Waals surface area contributed by atoms with Crippen molar-refractivity contribution in [3.05, 3.63) is 29.8 Å². The summed E-state index contributed by atoms with van der Waals surface area (Å²) in [6.07, 6.45) is 6.21. The highest BCUT2D eigenvalue weighted by molar-refractivity contribution is 5.19. The van der Waals surface area contributed by atoms with Crippen LogP contribution in [0.3, 0.4) is 0 Å². The largest absolute Gasteiger partial charge is 0.376 e. The van der Waals surface area contributed by atoms with Crippen LogP contribution in [0.5, 0.6) is 0 Å². The van der Waals surface area contributed by atoms with E-state index in [1.807, 2.05) is 6.92 Å². The van der Waals surface area contributed by atoms with Crippen molar-refractivity contribution >= 4 is 0 Å². The van der Waals surface area contributed by atoms with Crippen LogP contribution in [0, 0.1) is 5.82 Å². The van der Waals surface area contributed by atoms with Gasteiger partial charge in [0.15, 0.2) is 0 Å². The van der Waals surface area contributed by atoms with Crippen LogP contribution in [-0.2, 0) is 4.74 Å². The van der Waals surface area contributed by atoms with E-state index in [1.165, 1.54) is 6.20 Å². The van der Waals surface area contributed by atoms with Gasteiger partial charge in [0.2, 0.25) is 0 Å². The Morgan fingerprint density at radius 1 is 1.59 bits per heavy atom. The molecule has 2 atom stereocenters. The first-order valence-electron chi connectivity index (χ1n) is 6.27. The second-order valence-electron chi connectivity index (χ2n) is 4.34. The van der Waals surface area contributed by atoms with Gasteiger partial charge in [-0.2, -0.15) is 0 Å². The van der Waals surface area contributed by atoms with Crippen LogP contribution in [0.2, 0.25) is 0 Å². The molecule has 1 aliphatic rings. The van der Waals surface area contributed by atoms with Crippen LogP contribution < -0.4 is 5.32 Å². The van der Waals surface area contributed by atoms with E-state index in [0.717, 1.165) is 32.4 Å². The summed E-state index contributed by atoms with van der Waals surface area (Å²) in [5, 5.41) is 3.32. The Kier molecular flexibility index (Phi) is 4.45. The molecule has 1 aromatic heterocycles. The predicted molar refractivity (Wildman–Crippen MR) is 64.2 cm³/mol. The highest BCUT2D eigenvalue weighted by Crippen LogP contribution is 2.27. The van der Waals surface area contributed by atoms with E-state index in [4.69, 9.17) is 4.74 Å². The summed E-state index contributed by atoms with van der Waals surface area (Å²) in [5.41, 5.74) is 0.661. The molecule has 0 aliphatic carbocycles. The van der Waals surface area contributed by atoms with Crippen LogP contribution in [0.25, 0.3) is 0 Å². The number of hydrogen-bond acceptors (Lipinski definition) is 3. The van der Waals surface area contributed by atoms with Crippen molar-refractivity contribution in [1.29, 1.82) is 0 Å². The molecule has 2 rings (SSSR count). The van der Waals surface area contributed by atoms with Gasteiger partial charge in [0.05, 0.1) is 18.3 Å². The third-order valence-electron chi connectivity index (χ3n) is 3.15. The van der Waals surface area contributed by atoms with Gasteiger partial charge in [-0.25, -0.2) is 4.39 Å². The van der Waals surface area contributed by atoms with Crippen molar-refractivity contribution in [3.63, 3.8) is 0 Å². The lowest BCUT2D eigenvalue weighted by Crippen LogP contribution is -2.36. The molecule has 0 spiro atoms. The van der Waals surface area contributed by atoms with Crippen LogP contribution >= 0.6 is 0 Å². The van der Waals surface area contributed by atoms with Crippen LogP contribution in [0.4, 0.5) is 4.39 Å². The molecular formula is C13H19FN2O. The smallest absolute Gasteiger partial charge is 0.146 e. The van der Waals surface area contributed by atoms with Crippen molar-refractivity contribution in [1.82, 2.24) is 10.3 Å². The maximum Gasteiger partial charge on any atom is 0.146 e. The molecule has 0 saturated carbocycles. The normalized spacial score (nSPS) is 22.4. The van der Waals surface area contributed by atoms with Gasteiger partial charge in [-0.15, -0.1) is 0 Å². The van der Waals surface area contributed by atoms with E-state index in [2.05, 4.69) is 10.3 Å². The average molecular weight is 238 g/mol. The first-order valence-corrected chi connectivity index (χ1v) is 6.27. The Morgan fingerprint density at radius 2 is 2.47 bits per heavy atom. The fraction of sp³-hybridized carbons (Fsp3) is 0.615. The molecule has 17 heavy (non-hydrogen) atoms. The summed E-state index contributed by atoms with van der Waals surface area (Å²) in [6, 6.07) is 1.67. The van der Waals surface area contributed by atoms with E-state index in [-0.39, 0.29) is 18.0 Å². The molecule has 2 unspecified atom stereocenters. The van der Waals surface area contributed by atoms with Gasteiger partial charge in [0.1, 0.15) is 5.82 Å². The lowest BCUT2D eigenvalue weighted by molar-refractivity contribution is -0.00859. The minimum absolute atomic E-state index is 0.0664. The van der Waals surface area contributed by atoms with Crippen LogP contribution in [-0.4, -0.2) is 24.2 Å². The number of aromatic nitrogens is 1. The minimum atomic E-state index is -0.257. The minimum Gasteiger partial charge on any atom is -0.376 e. The number of nitrogens with zero attached hydrogens (tertiary/aromatic N) is 1. The van der Waals surface area contributed by atoms with Gasteiger partial charge in [-0.3, -0.25) is 4.98 Å². The first kappa shape index (κ1) is 12.5. The first-order chi connectivity index (χ1) is 8.33. The van der Waals surface area contributed by atoms with Crippen molar-refractivity contribution in [2.75, 3.05) is 13.2 Å². The van der Waals surface area contributed by atoms with E-state index in [9.17, 15) is 4.39 Å². The number of nitrogens with one attached hydrogen (secondary N) is 1. The van der Waals surface area contributed by atoms with E-state index in [0.29, 0.717) is 5.56 Å². The molecule has 0 aromatic carbocycles. The number of hydrogen-bond donors (Lipinski definition) is 1. The molecule has 4 heteroatoms. The third kappa shape index (κ3) is 3.01. The highest BCUT2D eigenvalue weighted by atomic mass is 19.1. The molecule has 94 valence electrons. The summed E-state index contributed by atoms with van der Waals surface area (Å²) in [7, 11) is 0. The van der Waals surface area contributed by atoms with Gasteiger partial charge in [0.25, 0.3) is 0 Å². The van der Waals surface area contributed by atoms with Crippen molar-refractivity contribution < 1.29 is 9.13 Å². The van der Waals surface area contributed by atoms with Gasteiger partial charge in [-0.05, 0) is 31.9 Å². The fourth-order valence-corrected chi connectivity index (χ4v) is 2.33. The molecule has 1 N–H and O–H groups in total. The Hall–Kier alpha value is -1.00. The molecule has 3 nitrogen and oxygen atoms in total. The van der Waals surface area contributed by atoms with Crippen molar-refractivity contribution in [3.8, 4) is 0 Å². The number of likely N-dealkylation sites (N-methyl/N-ethyl adjacent to an activating group) is 1. The summed E-state index contributed by atoms with van der Waals surface area (Å²) in [4.78, 5) is 3.79. The lowest BCUT2D eigenvalue weighted by Gasteiger charge is -2.31. The SMILES string of the molecule is CCNC(c1ccncc1F)C1CCCCO1. The molecule has 0 radical (unpaired) electrons. The van der Waals surface area contributed by atoms with Crippen LogP contribution in [0.15, 0.2) is 18.5 Å². The molecule has 0 amide bonds. The second-order valence-corrected chi connectivity index (χ2v) is 4.34. The zero-order valence-corrected chi connectivity index (χ0v) is 10.2. The highest BCUT2D eigenvalue weighted by Gasteiger charge is 2.27. The molecule has 2 heterocycles. The van der Waals surface area contributed by atoms with Gasteiger partial charge >= 0.3 is 0 Å². The van der Waals surface area contributed by atoms with E-state index < -0.39 is 0 Å². The third-order valence-corrected chi connectivity index (χ3v) is 3.15. The Balaban J connectivity index is 2.18. The van der Waals surface area contributed by atoms with Crippen molar-refractivity contribution in [2.24, 2.45) is 0 Å². The molecular weight excluding hydrogens is 219 g/mol. The fourth-order valence-electron chi connectivity index (χ4n) is 2.33. The number of halogens is 1. The number of ether oxygens (including phenoxy) is 1. The predicted octanol–water partition coefficient (Wildman–Crippen LogP) is 2.44. The molecule has 1 saturated heterocycles. The number of rotatable bonds is 4. The number of pyridine rings is 1. The van der Waals surface area contributed by atoms with Gasteiger partial charge < -0.3 is 10.1 Å². The maximum atomic E-state index is 13.8. The summed E-state index contributed by atoms with van der Waals surface area (Å²) < 4.78 is 19.5. The van der Waals surface area contributed by atoms with E-state index >= 15 is 0 Å². The molecule has 1 aliphatic heterocycles. The van der Waals surface area contributed by atoms with Crippen molar-refractivity contribution in [2.45, 2.75) is 38.3 Å². The average Bonchev–Trinajstić information content (AvgIpc) is 2.38. The van der Waals surface area contributed by atoms with Crippen LogP contribution in [0.1, 0.15) is 37.8 Å². The summed E-state index contributed by atoms with van der Waals surface area (Å²) >= 11 is 0. The lowest BCUT2D eigenvalue weighted by atomic mass is 9.96. The Bertz CT molecular complexity index is 353. The second kappa shape index (κ2) is 6.07. The van der Waals surface area contributed by atoms with Gasteiger partial charge in [0, 0.05) is 18.4 Å². The Labute approximate surface area is 101 Å². The maximum absolute atomic E-state index is 13.8. The summed E-state index contributed by atoms with van der Waals surface area (Å²) in [6.45, 7) is 3.60. The molecule has 1 aromatic rings. The monoisotopic (exact) mass is 238 g/mol. The Morgan fingerprint density at radius 3 is 3.12 bits per heavy atom. The molecule has 0 bridgehead atoms. The summed E-state index contributed by atoms with van der Waals surface area (Å²) in [5.74, 6) is -0.257. The zero-order chi connectivity index (χ0) is 12.1. The topological polar surface area (TPSA) is 34.2 Å². The van der Waals surface area contributed by atoms with E-state index in [1.54, 1.807) is 12.3 Å². The quantitative estimate of drug-likeness (QED) is 0.874. The molecule has 1 fully saturated rings. The zero-order valence-electron chi connectivity index (χ0n) is 10.2. The standard InChI is InChI=1S/C13H19FN2O/c1-2-16-13(12-5-3-4-8-17-12)10-6-7-15-9-11(10)14/h6-7,9,12-13,16H,2-5,8H2,1H3.